The molecular formula is C25H31N3O7. The van der Waals surface area contributed by atoms with E-state index < -0.39 is 35.8 Å². The molecule has 2 aromatic rings. The molecule has 188 valence electrons. The molecule has 1 saturated heterocycles. The first-order valence-electron chi connectivity index (χ1n) is 12.1. The molecule has 2 N–H and O–H groups in total. The Morgan fingerprint density at radius 3 is 2.34 bits per heavy atom. The third kappa shape index (κ3) is 5.00. The fourth-order valence-corrected chi connectivity index (χ4v) is 4.62. The molecule has 2 aliphatic heterocycles. The molecule has 4 atom stereocenters. The van der Waals surface area contributed by atoms with E-state index in [1.807, 2.05) is 6.92 Å². The van der Waals surface area contributed by atoms with Crippen LogP contribution in [0.15, 0.2) is 40.1 Å². The number of aliphatic hydroxyl groups is 1. The molecule has 1 fully saturated rings. The second-order valence-corrected chi connectivity index (χ2v) is 9.00. The van der Waals surface area contributed by atoms with Crippen molar-refractivity contribution in [2.24, 2.45) is 0 Å². The summed E-state index contributed by atoms with van der Waals surface area (Å²) in [5.41, 5.74) is 0.200. The van der Waals surface area contributed by atoms with Gasteiger partial charge in [0.05, 0.1) is 17.2 Å². The highest BCUT2D eigenvalue weighted by Crippen LogP contribution is 2.32. The van der Waals surface area contributed by atoms with Crippen LogP contribution in [0.25, 0.3) is 0 Å². The van der Waals surface area contributed by atoms with Gasteiger partial charge in [-0.25, -0.2) is 4.79 Å². The van der Waals surface area contributed by atoms with Crippen LogP contribution in [-0.4, -0.2) is 62.8 Å². The summed E-state index contributed by atoms with van der Waals surface area (Å²) < 4.78 is 13.1. The van der Waals surface area contributed by atoms with Crippen molar-refractivity contribution >= 4 is 11.8 Å². The summed E-state index contributed by atoms with van der Waals surface area (Å²) in [5, 5.41) is 10.7. The molecule has 2 aliphatic rings. The summed E-state index contributed by atoms with van der Waals surface area (Å²) in [6.07, 6.45) is 2.00. The maximum atomic E-state index is 12.4. The first-order valence-corrected chi connectivity index (χ1v) is 12.1. The Kier molecular flexibility index (Phi) is 7.63. The maximum absolute atomic E-state index is 12.4. The lowest BCUT2D eigenvalue weighted by Crippen LogP contribution is -2.40. The highest BCUT2D eigenvalue weighted by Gasteiger charge is 2.45. The highest BCUT2D eigenvalue weighted by atomic mass is 16.6. The van der Waals surface area contributed by atoms with Gasteiger partial charge in [-0.15, -0.1) is 0 Å². The van der Waals surface area contributed by atoms with Crippen molar-refractivity contribution in [1.82, 2.24) is 14.5 Å². The van der Waals surface area contributed by atoms with Crippen molar-refractivity contribution in [2.75, 3.05) is 13.2 Å². The highest BCUT2D eigenvalue weighted by molar-refractivity contribution is 6.21. The lowest BCUT2D eigenvalue weighted by molar-refractivity contribution is -0.0715. The molecule has 0 radical (unpaired) electrons. The molecular weight excluding hydrogens is 454 g/mol. The zero-order valence-corrected chi connectivity index (χ0v) is 19.9. The average Bonchev–Trinajstić information content (AvgIpc) is 3.29. The first kappa shape index (κ1) is 25.0. The standard InChI is InChI=1S/C25H31N3O7/c1-3-18-19(29)20(24(35-18)28-14-15(2)21(30)26-25(28)33)34-13-9-5-4-8-12-27-22(31)16-10-6-7-11-17(16)23(27)32/h6-7,10-11,14,18-20,24,29H,3-5,8-9,12-13H2,1-2H3,(H,26,30,33)/t18-,19?,20+,24-/m1/s1. The molecule has 0 spiro atoms. The number of amides is 2. The van der Waals surface area contributed by atoms with Crippen LogP contribution in [0.3, 0.4) is 0 Å². The summed E-state index contributed by atoms with van der Waals surface area (Å²) in [4.78, 5) is 52.5. The molecule has 0 bridgehead atoms. The van der Waals surface area contributed by atoms with Gasteiger partial charge in [0.15, 0.2) is 6.23 Å². The van der Waals surface area contributed by atoms with Crippen molar-refractivity contribution in [3.63, 3.8) is 0 Å². The normalized spacial score (nSPS) is 23.8. The van der Waals surface area contributed by atoms with E-state index >= 15 is 0 Å². The minimum Gasteiger partial charge on any atom is -0.388 e. The predicted molar refractivity (Wildman–Crippen MR) is 126 cm³/mol. The number of carbonyl (C=O) groups excluding carboxylic acids is 2. The largest absolute Gasteiger partial charge is 0.388 e. The number of aromatic amines is 1. The number of nitrogens with zero attached hydrogens (tertiary/aromatic N) is 2. The van der Waals surface area contributed by atoms with Crippen LogP contribution in [0.4, 0.5) is 0 Å². The van der Waals surface area contributed by atoms with Gasteiger partial charge < -0.3 is 14.6 Å². The number of aliphatic hydroxyl groups excluding tert-OH is 1. The average molecular weight is 486 g/mol. The molecule has 1 aromatic heterocycles. The van der Waals surface area contributed by atoms with Crippen molar-refractivity contribution in [2.45, 2.75) is 70.5 Å². The summed E-state index contributed by atoms with van der Waals surface area (Å²) in [5.74, 6) is -0.484. The van der Waals surface area contributed by atoms with Gasteiger partial charge in [0, 0.05) is 24.9 Å². The van der Waals surface area contributed by atoms with Crippen LogP contribution < -0.4 is 11.2 Å². The number of ether oxygens (including phenoxy) is 2. The lowest BCUT2D eigenvalue weighted by Gasteiger charge is -2.22. The summed E-state index contributed by atoms with van der Waals surface area (Å²) in [6, 6.07) is 6.85. The Morgan fingerprint density at radius 1 is 1.03 bits per heavy atom. The number of imide groups is 1. The minimum atomic E-state index is -0.905. The second-order valence-electron chi connectivity index (χ2n) is 9.00. The molecule has 2 amide bonds. The van der Waals surface area contributed by atoms with Gasteiger partial charge >= 0.3 is 5.69 Å². The van der Waals surface area contributed by atoms with E-state index in [2.05, 4.69) is 4.98 Å². The molecule has 0 aliphatic carbocycles. The quantitative estimate of drug-likeness (QED) is 0.387. The molecule has 4 rings (SSSR count). The van der Waals surface area contributed by atoms with Crippen molar-refractivity contribution < 1.29 is 24.2 Å². The minimum absolute atomic E-state index is 0.242. The number of unbranched alkanes of at least 4 members (excludes halogenated alkanes) is 3. The zero-order chi connectivity index (χ0) is 25.1. The van der Waals surface area contributed by atoms with Crippen molar-refractivity contribution in [3.8, 4) is 0 Å². The number of aryl methyl sites for hydroxylation is 1. The van der Waals surface area contributed by atoms with Crippen LogP contribution in [0.5, 0.6) is 0 Å². The predicted octanol–water partition coefficient (Wildman–Crippen LogP) is 1.76. The molecule has 1 aromatic carbocycles. The van der Waals surface area contributed by atoms with E-state index in [1.54, 1.807) is 31.2 Å². The van der Waals surface area contributed by atoms with Crippen molar-refractivity contribution in [1.29, 1.82) is 0 Å². The molecule has 1 unspecified atom stereocenters. The Morgan fingerprint density at radius 2 is 1.69 bits per heavy atom. The Labute approximate surface area is 202 Å². The molecule has 10 nitrogen and oxygen atoms in total. The topological polar surface area (TPSA) is 131 Å². The number of rotatable bonds is 10. The van der Waals surface area contributed by atoms with Crippen LogP contribution in [0.2, 0.25) is 0 Å². The van der Waals surface area contributed by atoms with E-state index in [-0.39, 0.29) is 11.8 Å². The van der Waals surface area contributed by atoms with Gasteiger partial charge in [-0.2, -0.15) is 0 Å². The number of carbonyl (C=O) groups is 2. The maximum Gasteiger partial charge on any atom is 0.330 e. The van der Waals surface area contributed by atoms with Crippen molar-refractivity contribution in [3.05, 3.63) is 68.0 Å². The van der Waals surface area contributed by atoms with Crippen LogP contribution in [0, 0.1) is 6.92 Å². The number of hydrogen-bond acceptors (Lipinski definition) is 7. The zero-order valence-electron chi connectivity index (χ0n) is 19.9. The van der Waals surface area contributed by atoms with Crippen LogP contribution in [-0.2, 0) is 9.47 Å². The summed E-state index contributed by atoms with van der Waals surface area (Å²) in [7, 11) is 0. The monoisotopic (exact) mass is 485 g/mol. The first-order chi connectivity index (χ1) is 16.8. The number of H-pyrrole nitrogens is 1. The van der Waals surface area contributed by atoms with E-state index in [0.29, 0.717) is 49.1 Å². The Bertz CT molecular complexity index is 1170. The van der Waals surface area contributed by atoms with Gasteiger partial charge in [-0.3, -0.25) is 28.8 Å². The van der Waals surface area contributed by atoms with Gasteiger partial charge in [0.2, 0.25) is 0 Å². The number of aromatic nitrogens is 2. The summed E-state index contributed by atoms with van der Waals surface area (Å²) >= 11 is 0. The third-order valence-corrected chi connectivity index (χ3v) is 6.60. The summed E-state index contributed by atoms with van der Waals surface area (Å²) in [6.45, 7) is 4.19. The van der Waals surface area contributed by atoms with Gasteiger partial charge in [0.25, 0.3) is 17.4 Å². The van der Waals surface area contributed by atoms with Gasteiger partial charge in [0.1, 0.15) is 12.2 Å². The lowest BCUT2D eigenvalue weighted by atomic mass is 10.1. The molecule has 10 heteroatoms. The number of fused-ring (bicyclic) bond motifs is 1. The van der Waals surface area contributed by atoms with Crippen LogP contribution in [0.1, 0.15) is 71.5 Å². The Hall–Kier alpha value is -3.08. The smallest absolute Gasteiger partial charge is 0.330 e. The van der Waals surface area contributed by atoms with E-state index in [4.69, 9.17) is 9.47 Å². The molecule has 35 heavy (non-hydrogen) atoms. The fourth-order valence-electron chi connectivity index (χ4n) is 4.62. The Balaban J connectivity index is 1.26. The molecule has 0 saturated carbocycles. The second kappa shape index (κ2) is 10.7. The number of hydrogen-bond donors (Lipinski definition) is 2. The molecule has 3 heterocycles. The number of benzene rings is 1. The third-order valence-electron chi connectivity index (χ3n) is 6.60. The van der Waals surface area contributed by atoms with E-state index in [1.165, 1.54) is 15.7 Å². The fraction of sp³-hybridized carbons (Fsp3) is 0.520. The SMILES string of the molecule is CC[C@H]1O[C@@H](n2cc(C)c(=O)[nH]c2=O)[C@@H](OCCCCCCN2C(=O)c3ccccc3C2=O)C1O. The number of nitrogens with one attached hydrogen (secondary N) is 1. The van der Waals surface area contributed by atoms with Gasteiger partial charge in [-0.1, -0.05) is 31.9 Å². The van der Waals surface area contributed by atoms with Crippen LogP contribution >= 0.6 is 0 Å². The van der Waals surface area contributed by atoms with Gasteiger partial charge in [-0.05, 0) is 38.3 Å². The van der Waals surface area contributed by atoms with E-state index in [9.17, 15) is 24.3 Å². The van der Waals surface area contributed by atoms with E-state index in [0.717, 1.165) is 12.8 Å².